The summed E-state index contributed by atoms with van der Waals surface area (Å²) in [6, 6.07) is 4.97. The summed E-state index contributed by atoms with van der Waals surface area (Å²) < 4.78 is 63.3. The van der Waals surface area contributed by atoms with E-state index < -0.39 is 42.3 Å². The molecule has 11 nitrogen and oxygen atoms in total. The maximum atomic E-state index is 13.4. The van der Waals surface area contributed by atoms with Crippen LogP contribution in [0.3, 0.4) is 0 Å². The Hall–Kier alpha value is -2.77. The monoisotopic (exact) mass is 543 g/mol. The number of methoxy groups -OCH3 is 2. The SMILES string of the molecule is COc1cccc(OC)c1-n1c(CS(C)(=O)=O)nnc1CS(=O)(=O)[C@@H](C)[C@H](C)c1ncc(Cl)cn1. The minimum Gasteiger partial charge on any atom is -0.494 e. The Bertz CT molecular complexity index is 1390. The van der Waals surface area contributed by atoms with E-state index in [2.05, 4.69) is 20.2 Å². The first-order chi connectivity index (χ1) is 16.4. The first-order valence-corrected chi connectivity index (χ1v) is 14.5. The van der Waals surface area contributed by atoms with Gasteiger partial charge in [0.05, 0.1) is 24.5 Å². The fourth-order valence-electron chi connectivity index (χ4n) is 3.48. The number of nitrogens with zero attached hydrogens (tertiary/aromatic N) is 5. The first-order valence-electron chi connectivity index (χ1n) is 10.4. The van der Waals surface area contributed by atoms with E-state index in [0.29, 0.717) is 28.0 Å². The maximum absolute atomic E-state index is 13.4. The van der Waals surface area contributed by atoms with Crippen molar-refractivity contribution in [2.24, 2.45) is 0 Å². The van der Waals surface area contributed by atoms with E-state index in [9.17, 15) is 16.8 Å². The minimum atomic E-state index is -3.84. The normalized spacial score (nSPS) is 13.9. The lowest BCUT2D eigenvalue weighted by Crippen LogP contribution is -2.27. The Morgan fingerprint density at radius 2 is 1.46 bits per heavy atom. The van der Waals surface area contributed by atoms with Gasteiger partial charge in [-0.05, 0) is 19.1 Å². The molecule has 2 heterocycles. The molecule has 0 saturated heterocycles. The molecule has 0 fully saturated rings. The minimum absolute atomic E-state index is 0.0162. The van der Waals surface area contributed by atoms with Gasteiger partial charge in [0.15, 0.2) is 31.3 Å². The van der Waals surface area contributed by atoms with E-state index in [-0.39, 0.29) is 11.6 Å². The van der Waals surface area contributed by atoms with Crippen LogP contribution in [0.15, 0.2) is 30.6 Å². The maximum Gasteiger partial charge on any atom is 0.160 e. The molecule has 0 aliphatic carbocycles. The summed E-state index contributed by atoms with van der Waals surface area (Å²) in [6.07, 6.45) is 3.86. The highest BCUT2D eigenvalue weighted by Gasteiger charge is 2.33. The van der Waals surface area contributed by atoms with E-state index in [1.165, 1.54) is 31.2 Å². The number of sulfone groups is 2. The molecule has 0 unspecified atom stereocenters. The van der Waals surface area contributed by atoms with Crippen LogP contribution in [0.1, 0.15) is 37.2 Å². The van der Waals surface area contributed by atoms with E-state index in [1.807, 2.05) is 0 Å². The summed E-state index contributed by atoms with van der Waals surface area (Å²) in [6.45, 7) is 3.26. The Balaban J connectivity index is 2.10. The van der Waals surface area contributed by atoms with Crippen molar-refractivity contribution in [3.05, 3.63) is 53.1 Å². The summed E-state index contributed by atoms with van der Waals surface area (Å²) in [5.41, 5.74) is 0.299. The van der Waals surface area contributed by atoms with Crippen molar-refractivity contribution in [2.45, 2.75) is 36.5 Å². The lowest BCUT2D eigenvalue weighted by atomic mass is 10.1. The van der Waals surface area contributed by atoms with Gasteiger partial charge in [-0.3, -0.25) is 4.57 Å². The second-order valence-electron chi connectivity index (χ2n) is 8.01. The molecule has 0 aliphatic rings. The summed E-state index contributed by atoms with van der Waals surface area (Å²) in [5.74, 6) is -0.511. The van der Waals surface area contributed by atoms with Gasteiger partial charge >= 0.3 is 0 Å². The average molecular weight is 544 g/mol. The Labute approximate surface area is 209 Å². The Kier molecular flexibility index (Phi) is 8.02. The summed E-state index contributed by atoms with van der Waals surface area (Å²) in [7, 11) is -4.50. The lowest BCUT2D eigenvalue weighted by molar-refractivity contribution is 0.390. The molecule has 0 aliphatic heterocycles. The van der Waals surface area contributed by atoms with Crippen LogP contribution in [0.4, 0.5) is 0 Å². The van der Waals surface area contributed by atoms with Crippen LogP contribution in [-0.4, -0.2) is 67.3 Å². The van der Waals surface area contributed by atoms with Crippen molar-refractivity contribution >= 4 is 31.3 Å². The van der Waals surface area contributed by atoms with E-state index in [1.54, 1.807) is 32.0 Å². The predicted octanol–water partition coefficient (Wildman–Crippen LogP) is 2.38. The van der Waals surface area contributed by atoms with Gasteiger partial charge in [-0.2, -0.15) is 0 Å². The molecule has 0 bridgehead atoms. The van der Waals surface area contributed by atoms with Crippen LogP contribution >= 0.6 is 11.6 Å². The van der Waals surface area contributed by atoms with Crippen molar-refractivity contribution in [1.82, 2.24) is 24.7 Å². The third-order valence-corrected chi connectivity index (χ3v) is 8.64. The molecule has 1 aromatic carbocycles. The number of benzene rings is 1. The average Bonchev–Trinajstić information content (AvgIpc) is 3.16. The third kappa shape index (κ3) is 6.08. The van der Waals surface area contributed by atoms with Gasteiger partial charge in [0.25, 0.3) is 0 Å². The molecule has 190 valence electrons. The number of hydrogen-bond donors (Lipinski definition) is 0. The lowest BCUT2D eigenvalue weighted by Gasteiger charge is -2.20. The highest BCUT2D eigenvalue weighted by molar-refractivity contribution is 7.91. The van der Waals surface area contributed by atoms with Gasteiger partial charge in [-0.25, -0.2) is 26.8 Å². The highest BCUT2D eigenvalue weighted by atomic mass is 35.5. The standard InChI is InChI=1S/C21H26ClN5O6S2/c1-13(21-23-9-15(22)10-24-21)14(2)35(30,31)12-19-26-25-18(11-34(5,28)29)27(19)20-16(32-3)7-6-8-17(20)33-4/h6-10,13-14H,11-12H2,1-5H3/t13-,14-/m0/s1. The van der Waals surface area contributed by atoms with Crippen molar-refractivity contribution in [3.63, 3.8) is 0 Å². The molecular weight excluding hydrogens is 518 g/mol. The molecule has 3 aromatic rings. The molecule has 0 N–H and O–H groups in total. The van der Waals surface area contributed by atoms with Crippen LogP contribution in [0.25, 0.3) is 5.69 Å². The van der Waals surface area contributed by atoms with Gasteiger partial charge < -0.3 is 9.47 Å². The molecule has 3 rings (SSSR count). The van der Waals surface area contributed by atoms with Gasteiger partial charge in [-0.15, -0.1) is 10.2 Å². The van der Waals surface area contributed by atoms with Crippen molar-refractivity contribution in [1.29, 1.82) is 0 Å². The number of hydrogen-bond acceptors (Lipinski definition) is 10. The van der Waals surface area contributed by atoms with Gasteiger partial charge in [-0.1, -0.05) is 24.6 Å². The fourth-order valence-corrected chi connectivity index (χ4v) is 5.78. The van der Waals surface area contributed by atoms with Crippen molar-refractivity contribution < 1.29 is 26.3 Å². The summed E-state index contributed by atoms with van der Waals surface area (Å²) in [4.78, 5) is 8.27. The predicted molar refractivity (Wildman–Crippen MR) is 131 cm³/mol. The fraction of sp³-hybridized carbons (Fsp3) is 0.429. The van der Waals surface area contributed by atoms with Gasteiger partial charge in [0.1, 0.15) is 34.5 Å². The number of rotatable bonds is 10. The molecule has 0 spiro atoms. The molecule has 0 radical (unpaired) electrons. The van der Waals surface area contributed by atoms with Crippen molar-refractivity contribution in [2.75, 3.05) is 20.5 Å². The first kappa shape index (κ1) is 26.8. The largest absolute Gasteiger partial charge is 0.494 e. The van der Waals surface area contributed by atoms with Gasteiger partial charge in [0, 0.05) is 24.6 Å². The zero-order valence-corrected chi connectivity index (χ0v) is 22.2. The van der Waals surface area contributed by atoms with E-state index in [4.69, 9.17) is 21.1 Å². The quantitative estimate of drug-likeness (QED) is 0.373. The zero-order chi connectivity index (χ0) is 26.0. The Morgan fingerprint density at radius 1 is 0.943 bits per heavy atom. The van der Waals surface area contributed by atoms with E-state index >= 15 is 0 Å². The number of para-hydroxylation sites is 1. The van der Waals surface area contributed by atoms with E-state index in [0.717, 1.165) is 6.26 Å². The van der Waals surface area contributed by atoms with Crippen LogP contribution in [-0.2, 0) is 31.2 Å². The second kappa shape index (κ2) is 10.5. The second-order valence-corrected chi connectivity index (χ2v) is 12.9. The van der Waals surface area contributed by atoms with Crippen LogP contribution in [0.2, 0.25) is 5.02 Å². The molecule has 14 heteroatoms. The van der Waals surface area contributed by atoms with Crippen LogP contribution in [0.5, 0.6) is 11.5 Å². The smallest absolute Gasteiger partial charge is 0.160 e. The topological polar surface area (TPSA) is 143 Å². The number of halogens is 1. The van der Waals surface area contributed by atoms with Crippen molar-refractivity contribution in [3.8, 4) is 17.2 Å². The van der Waals surface area contributed by atoms with Gasteiger partial charge in [0.2, 0.25) is 0 Å². The summed E-state index contributed by atoms with van der Waals surface area (Å²) >= 11 is 5.84. The molecule has 0 saturated carbocycles. The molecule has 35 heavy (non-hydrogen) atoms. The Morgan fingerprint density at radius 3 is 1.94 bits per heavy atom. The third-order valence-electron chi connectivity index (χ3n) is 5.46. The molecular formula is C21H26ClN5O6S2. The molecule has 2 aromatic heterocycles. The van der Waals surface area contributed by atoms with Crippen LogP contribution < -0.4 is 9.47 Å². The zero-order valence-electron chi connectivity index (χ0n) is 19.8. The summed E-state index contributed by atoms with van der Waals surface area (Å²) in [5, 5.41) is 7.50. The highest BCUT2D eigenvalue weighted by Crippen LogP contribution is 2.35. The molecule has 2 atom stereocenters. The van der Waals surface area contributed by atoms with Crippen LogP contribution in [0, 0.1) is 0 Å². The molecule has 0 amide bonds. The number of ether oxygens (including phenoxy) is 2. The number of aromatic nitrogens is 5.